The molecular weight excluding hydrogens is 172 g/mol. The monoisotopic (exact) mass is 192 g/mol. The SMILES string of the molecule is C#CCN1CCC(C2CCNC2)CC1. The van der Waals surface area contributed by atoms with Crippen LogP contribution in [0.2, 0.25) is 0 Å². The minimum atomic E-state index is 0.843. The maximum absolute atomic E-state index is 5.31. The van der Waals surface area contributed by atoms with Crippen LogP contribution in [0, 0.1) is 24.2 Å². The average molecular weight is 192 g/mol. The molecule has 2 fully saturated rings. The van der Waals surface area contributed by atoms with Crippen LogP contribution in [-0.4, -0.2) is 37.6 Å². The van der Waals surface area contributed by atoms with Gasteiger partial charge in [-0.1, -0.05) is 5.92 Å². The van der Waals surface area contributed by atoms with Crippen LogP contribution in [0.5, 0.6) is 0 Å². The van der Waals surface area contributed by atoms with Crippen LogP contribution >= 0.6 is 0 Å². The summed E-state index contributed by atoms with van der Waals surface area (Å²) in [6.45, 7) is 5.75. The van der Waals surface area contributed by atoms with E-state index in [4.69, 9.17) is 6.42 Å². The molecule has 1 N–H and O–H groups in total. The smallest absolute Gasteiger partial charge is 0.0598 e. The van der Waals surface area contributed by atoms with E-state index < -0.39 is 0 Å². The molecule has 78 valence electrons. The molecule has 2 rings (SSSR count). The van der Waals surface area contributed by atoms with Gasteiger partial charge in [0.05, 0.1) is 6.54 Å². The van der Waals surface area contributed by atoms with Crippen molar-refractivity contribution in [2.45, 2.75) is 19.3 Å². The van der Waals surface area contributed by atoms with Crippen molar-refractivity contribution in [3.05, 3.63) is 0 Å². The van der Waals surface area contributed by atoms with Crippen LogP contribution in [0.1, 0.15) is 19.3 Å². The van der Waals surface area contributed by atoms with Crippen molar-refractivity contribution in [1.82, 2.24) is 10.2 Å². The zero-order valence-electron chi connectivity index (χ0n) is 8.84. The molecule has 2 heteroatoms. The molecule has 0 aromatic rings. The van der Waals surface area contributed by atoms with Crippen LogP contribution in [-0.2, 0) is 0 Å². The van der Waals surface area contributed by atoms with Gasteiger partial charge >= 0.3 is 0 Å². The van der Waals surface area contributed by atoms with Gasteiger partial charge in [-0.2, -0.15) is 0 Å². The summed E-state index contributed by atoms with van der Waals surface area (Å²) in [4.78, 5) is 2.40. The van der Waals surface area contributed by atoms with Crippen molar-refractivity contribution >= 4 is 0 Å². The second kappa shape index (κ2) is 4.82. The van der Waals surface area contributed by atoms with E-state index in [2.05, 4.69) is 16.1 Å². The first-order valence-corrected chi connectivity index (χ1v) is 5.76. The van der Waals surface area contributed by atoms with Gasteiger partial charge in [-0.05, 0) is 57.3 Å². The topological polar surface area (TPSA) is 15.3 Å². The van der Waals surface area contributed by atoms with Gasteiger partial charge in [0.15, 0.2) is 0 Å². The van der Waals surface area contributed by atoms with E-state index in [1.54, 1.807) is 0 Å². The maximum atomic E-state index is 5.31. The van der Waals surface area contributed by atoms with E-state index in [-0.39, 0.29) is 0 Å². The Morgan fingerprint density at radius 3 is 2.57 bits per heavy atom. The van der Waals surface area contributed by atoms with Crippen LogP contribution in [0.4, 0.5) is 0 Å². The predicted octanol–water partition coefficient (Wildman–Crippen LogP) is 0.941. The summed E-state index contributed by atoms with van der Waals surface area (Å²) in [6.07, 6.45) is 9.41. The van der Waals surface area contributed by atoms with Crippen LogP contribution in [0.15, 0.2) is 0 Å². The highest BCUT2D eigenvalue weighted by Gasteiger charge is 2.27. The molecule has 0 radical (unpaired) electrons. The number of piperidine rings is 1. The van der Waals surface area contributed by atoms with Gasteiger partial charge in [0, 0.05) is 0 Å². The normalized spacial score (nSPS) is 30.4. The molecule has 1 unspecified atom stereocenters. The lowest BCUT2D eigenvalue weighted by molar-refractivity contribution is 0.166. The Morgan fingerprint density at radius 1 is 1.21 bits per heavy atom. The summed E-state index contributed by atoms with van der Waals surface area (Å²) >= 11 is 0. The highest BCUT2D eigenvalue weighted by Crippen LogP contribution is 2.28. The molecule has 0 aromatic heterocycles. The fraction of sp³-hybridized carbons (Fsp3) is 0.833. The third-order valence-corrected chi connectivity index (χ3v) is 3.71. The first-order valence-electron chi connectivity index (χ1n) is 5.76. The molecular formula is C12H20N2. The first-order chi connectivity index (χ1) is 6.90. The summed E-state index contributed by atoms with van der Waals surface area (Å²) < 4.78 is 0. The summed E-state index contributed by atoms with van der Waals surface area (Å²) in [5.41, 5.74) is 0. The lowest BCUT2D eigenvalue weighted by atomic mass is 9.84. The van der Waals surface area contributed by atoms with Crippen molar-refractivity contribution in [3.8, 4) is 12.3 Å². The van der Waals surface area contributed by atoms with E-state index in [0.717, 1.165) is 18.4 Å². The number of nitrogens with zero attached hydrogens (tertiary/aromatic N) is 1. The molecule has 1 atom stereocenters. The van der Waals surface area contributed by atoms with Gasteiger partial charge in [0.2, 0.25) is 0 Å². The molecule has 2 nitrogen and oxygen atoms in total. The molecule has 2 saturated heterocycles. The van der Waals surface area contributed by atoms with Crippen molar-refractivity contribution in [2.24, 2.45) is 11.8 Å². The van der Waals surface area contributed by atoms with Gasteiger partial charge in [-0.3, -0.25) is 4.90 Å². The molecule has 0 spiro atoms. The van der Waals surface area contributed by atoms with E-state index in [9.17, 15) is 0 Å². The minimum Gasteiger partial charge on any atom is -0.316 e. The quantitative estimate of drug-likeness (QED) is 0.655. The summed E-state index contributed by atoms with van der Waals surface area (Å²) in [6, 6.07) is 0. The number of hydrogen-bond acceptors (Lipinski definition) is 2. The second-order valence-corrected chi connectivity index (χ2v) is 4.57. The largest absolute Gasteiger partial charge is 0.316 e. The maximum Gasteiger partial charge on any atom is 0.0598 e. The summed E-state index contributed by atoms with van der Waals surface area (Å²) in [5.74, 6) is 4.64. The van der Waals surface area contributed by atoms with Crippen molar-refractivity contribution in [2.75, 3.05) is 32.7 Å². The van der Waals surface area contributed by atoms with Crippen molar-refractivity contribution in [3.63, 3.8) is 0 Å². The number of hydrogen-bond donors (Lipinski definition) is 1. The summed E-state index contributed by atoms with van der Waals surface area (Å²) in [7, 11) is 0. The number of nitrogens with one attached hydrogen (secondary N) is 1. The molecule has 0 aliphatic carbocycles. The highest BCUT2D eigenvalue weighted by molar-refractivity contribution is 4.90. The Kier molecular flexibility index (Phi) is 3.44. The van der Waals surface area contributed by atoms with E-state index in [1.807, 2.05) is 0 Å². The van der Waals surface area contributed by atoms with Gasteiger partial charge in [-0.15, -0.1) is 6.42 Å². The number of likely N-dealkylation sites (tertiary alicyclic amines) is 1. The zero-order valence-corrected chi connectivity index (χ0v) is 8.84. The average Bonchev–Trinajstić information content (AvgIpc) is 2.72. The first kappa shape index (κ1) is 10.0. The third-order valence-electron chi connectivity index (χ3n) is 3.71. The van der Waals surface area contributed by atoms with Gasteiger partial charge < -0.3 is 5.32 Å². The molecule has 2 aliphatic heterocycles. The Bertz CT molecular complexity index is 205. The molecule has 0 aromatic carbocycles. The minimum absolute atomic E-state index is 0.843. The van der Waals surface area contributed by atoms with Gasteiger partial charge in [0.1, 0.15) is 0 Å². The molecule has 0 bridgehead atoms. The summed E-state index contributed by atoms with van der Waals surface area (Å²) in [5, 5.41) is 3.46. The van der Waals surface area contributed by atoms with Crippen LogP contribution < -0.4 is 5.32 Å². The van der Waals surface area contributed by atoms with E-state index >= 15 is 0 Å². The molecule has 2 aliphatic rings. The Balaban J connectivity index is 1.75. The standard InChI is InChI=1S/C12H20N2/c1-2-7-14-8-4-11(5-9-14)12-3-6-13-10-12/h1,11-13H,3-10H2. The highest BCUT2D eigenvalue weighted by atomic mass is 15.1. The number of terminal acetylenes is 1. The zero-order chi connectivity index (χ0) is 9.80. The van der Waals surface area contributed by atoms with Crippen LogP contribution in [0.25, 0.3) is 0 Å². The Morgan fingerprint density at radius 2 is 2.00 bits per heavy atom. The third kappa shape index (κ3) is 2.29. The van der Waals surface area contributed by atoms with Gasteiger partial charge in [-0.25, -0.2) is 0 Å². The van der Waals surface area contributed by atoms with Crippen molar-refractivity contribution in [1.29, 1.82) is 0 Å². The predicted molar refractivity (Wildman–Crippen MR) is 59.0 cm³/mol. The number of rotatable bonds is 2. The molecule has 2 heterocycles. The molecule has 0 amide bonds. The fourth-order valence-corrected chi connectivity index (χ4v) is 2.79. The Hall–Kier alpha value is -0.520. The van der Waals surface area contributed by atoms with Crippen molar-refractivity contribution < 1.29 is 0 Å². The lowest BCUT2D eigenvalue weighted by Crippen LogP contribution is -2.36. The van der Waals surface area contributed by atoms with Crippen LogP contribution in [0.3, 0.4) is 0 Å². The Labute approximate surface area is 87.1 Å². The molecule has 14 heavy (non-hydrogen) atoms. The fourth-order valence-electron chi connectivity index (χ4n) is 2.79. The second-order valence-electron chi connectivity index (χ2n) is 4.57. The van der Waals surface area contributed by atoms with E-state index in [1.165, 1.54) is 45.4 Å². The van der Waals surface area contributed by atoms with E-state index in [0.29, 0.717) is 0 Å². The van der Waals surface area contributed by atoms with Gasteiger partial charge in [0.25, 0.3) is 0 Å². The lowest BCUT2D eigenvalue weighted by Gasteiger charge is -2.33. The molecule has 0 saturated carbocycles.